The fourth-order valence-corrected chi connectivity index (χ4v) is 1.41. The van der Waals surface area contributed by atoms with Gasteiger partial charge in [0, 0.05) is 0 Å². The normalized spacial score (nSPS) is 13.3. The summed E-state index contributed by atoms with van der Waals surface area (Å²) >= 11 is 5.88. The van der Waals surface area contributed by atoms with Crippen LogP contribution in [0.5, 0.6) is 0 Å². The van der Waals surface area contributed by atoms with Crippen LogP contribution in [0.4, 0.5) is 0 Å². The van der Waals surface area contributed by atoms with Crippen LogP contribution >= 0.6 is 11.6 Å². The van der Waals surface area contributed by atoms with Gasteiger partial charge < -0.3 is 0 Å². The molecule has 0 aromatic carbocycles. The van der Waals surface area contributed by atoms with Crippen LogP contribution in [0.1, 0.15) is 51.9 Å². The molecule has 0 N–H and O–H groups in total. The summed E-state index contributed by atoms with van der Waals surface area (Å²) in [5.74, 6) is 0. The minimum Gasteiger partial charge on any atom is -0.118 e. The number of halogens is 1. The van der Waals surface area contributed by atoms with Gasteiger partial charge in [-0.2, -0.15) is 0 Å². The van der Waals surface area contributed by atoms with Crippen LogP contribution in [0, 0.1) is 0 Å². The lowest BCUT2D eigenvalue weighted by Crippen LogP contribution is -1.87. The maximum atomic E-state index is 5.88. The van der Waals surface area contributed by atoms with Crippen molar-refractivity contribution in [1.29, 1.82) is 0 Å². The number of rotatable bonds is 9. The molecule has 0 aromatic heterocycles. The van der Waals surface area contributed by atoms with Gasteiger partial charge in [0.2, 0.25) is 0 Å². The van der Waals surface area contributed by atoms with Crippen LogP contribution in [0.2, 0.25) is 0 Å². The molecule has 82 valence electrons. The largest absolute Gasteiger partial charge is 0.118 e. The first-order valence-corrected chi connectivity index (χ1v) is 6.16. The van der Waals surface area contributed by atoms with Gasteiger partial charge >= 0.3 is 0 Å². The zero-order valence-electron chi connectivity index (χ0n) is 9.34. The molecule has 0 aliphatic carbocycles. The van der Waals surface area contributed by atoms with Crippen molar-refractivity contribution in [2.24, 2.45) is 0 Å². The average molecular weight is 215 g/mol. The lowest BCUT2D eigenvalue weighted by molar-refractivity contribution is 0.637. The van der Waals surface area contributed by atoms with E-state index in [1.54, 1.807) is 6.08 Å². The first kappa shape index (κ1) is 13.8. The zero-order valence-corrected chi connectivity index (χ0v) is 10.1. The van der Waals surface area contributed by atoms with E-state index >= 15 is 0 Å². The second-order valence-electron chi connectivity index (χ2n) is 3.66. The first-order chi connectivity index (χ1) is 6.81. The van der Waals surface area contributed by atoms with E-state index in [1.165, 1.54) is 38.5 Å². The van der Waals surface area contributed by atoms with Crippen molar-refractivity contribution >= 4 is 11.6 Å². The molecule has 0 saturated heterocycles. The summed E-state index contributed by atoms with van der Waals surface area (Å²) in [5, 5.41) is 0.103. The number of allylic oxidation sites excluding steroid dienone is 3. The van der Waals surface area contributed by atoms with Crippen LogP contribution in [0.25, 0.3) is 0 Å². The summed E-state index contributed by atoms with van der Waals surface area (Å²) in [6.07, 6.45) is 15.1. The summed E-state index contributed by atoms with van der Waals surface area (Å²) in [6.45, 7) is 5.89. The standard InChI is InChI=1S/C13H23Cl/c1-3-5-6-7-8-9-10-11-12-13(14)4-2/h4,10-11,13H,2-3,5-9,12H2,1H3/b11-10+. The van der Waals surface area contributed by atoms with Crippen molar-refractivity contribution < 1.29 is 0 Å². The van der Waals surface area contributed by atoms with E-state index in [9.17, 15) is 0 Å². The predicted octanol–water partition coefficient (Wildman–Crippen LogP) is 5.09. The quantitative estimate of drug-likeness (QED) is 0.285. The van der Waals surface area contributed by atoms with E-state index in [2.05, 4.69) is 25.7 Å². The van der Waals surface area contributed by atoms with Crippen LogP contribution < -0.4 is 0 Å². The van der Waals surface area contributed by atoms with E-state index in [0.717, 1.165) is 6.42 Å². The number of hydrogen-bond acceptors (Lipinski definition) is 0. The topological polar surface area (TPSA) is 0 Å². The van der Waals surface area contributed by atoms with Gasteiger partial charge in [-0.15, -0.1) is 18.2 Å². The molecule has 0 nitrogen and oxygen atoms in total. The second kappa shape index (κ2) is 10.8. The molecule has 0 heterocycles. The zero-order chi connectivity index (χ0) is 10.6. The Balaban J connectivity index is 3.14. The molecule has 0 radical (unpaired) electrons. The second-order valence-corrected chi connectivity index (χ2v) is 4.22. The third-order valence-electron chi connectivity index (χ3n) is 2.26. The molecule has 0 aliphatic heterocycles. The Hall–Kier alpha value is -0.230. The highest BCUT2D eigenvalue weighted by Crippen LogP contribution is 2.07. The molecule has 0 amide bonds. The molecule has 0 aliphatic rings. The number of hydrogen-bond donors (Lipinski definition) is 0. The minimum atomic E-state index is 0.103. The Kier molecular flexibility index (Phi) is 10.7. The van der Waals surface area contributed by atoms with Crippen LogP contribution in [-0.4, -0.2) is 5.38 Å². The Bertz CT molecular complexity index is 149. The smallest absolute Gasteiger partial charge is 0.0547 e. The van der Waals surface area contributed by atoms with Gasteiger partial charge in [0.15, 0.2) is 0 Å². The Morgan fingerprint density at radius 3 is 2.50 bits per heavy atom. The molecular weight excluding hydrogens is 192 g/mol. The SMILES string of the molecule is C=CC(Cl)C/C=C/CCCCCCC. The van der Waals surface area contributed by atoms with Crippen LogP contribution in [0.15, 0.2) is 24.8 Å². The Morgan fingerprint density at radius 2 is 1.86 bits per heavy atom. The molecule has 1 heteroatoms. The average Bonchev–Trinajstić information content (AvgIpc) is 2.21. The highest BCUT2D eigenvalue weighted by molar-refractivity contribution is 6.21. The van der Waals surface area contributed by atoms with Gasteiger partial charge in [0.1, 0.15) is 0 Å². The highest BCUT2D eigenvalue weighted by atomic mass is 35.5. The predicted molar refractivity (Wildman–Crippen MR) is 67.0 cm³/mol. The summed E-state index contributed by atoms with van der Waals surface area (Å²) in [7, 11) is 0. The minimum absolute atomic E-state index is 0.103. The van der Waals surface area contributed by atoms with E-state index in [-0.39, 0.29) is 5.38 Å². The van der Waals surface area contributed by atoms with Crippen LogP contribution in [-0.2, 0) is 0 Å². The van der Waals surface area contributed by atoms with Crippen molar-refractivity contribution in [1.82, 2.24) is 0 Å². The molecule has 0 fully saturated rings. The number of alkyl halides is 1. The van der Waals surface area contributed by atoms with Crippen LogP contribution in [0.3, 0.4) is 0 Å². The van der Waals surface area contributed by atoms with Gasteiger partial charge in [-0.05, 0) is 19.3 Å². The van der Waals surface area contributed by atoms with E-state index in [0.29, 0.717) is 0 Å². The third kappa shape index (κ3) is 9.85. The summed E-state index contributed by atoms with van der Waals surface area (Å²) < 4.78 is 0. The lowest BCUT2D eigenvalue weighted by Gasteiger charge is -1.97. The summed E-state index contributed by atoms with van der Waals surface area (Å²) in [6, 6.07) is 0. The van der Waals surface area contributed by atoms with Crippen molar-refractivity contribution in [2.45, 2.75) is 57.2 Å². The van der Waals surface area contributed by atoms with Gasteiger partial charge in [-0.1, -0.05) is 50.8 Å². The monoisotopic (exact) mass is 214 g/mol. The molecule has 1 unspecified atom stereocenters. The molecule has 0 spiro atoms. The highest BCUT2D eigenvalue weighted by Gasteiger charge is 1.92. The Morgan fingerprint density at radius 1 is 1.14 bits per heavy atom. The van der Waals surface area contributed by atoms with E-state index in [1.807, 2.05) is 0 Å². The summed E-state index contributed by atoms with van der Waals surface area (Å²) in [4.78, 5) is 0. The maximum absolute atomic E-state index is 5.88. The molecule has 0 rings (SSSR count). The fraction of sp³-hybridized carbons (Fsp3) is 0.692. The Labute approximate surface area is 94.0 Å². The maximum Gasteiger partial charge on any atom is 0.0547 e. The molecule has 14 heavy (non-hydrogen) atoms. The molecule has 0 aromatic rings. The molecular formula is C13H23Cl. The third-order valence-corrected chi connectivity index (χ3v) is 2.61. The molecule has 0 bridgehead atoms. The van der Waals surface area contributed by atoms with E-state index in [4.69, 9.17) is 11.6 Å². The molecule has 1 atom stereocenters. The number of unbranched alkanes of at least 4 members (excludes halogenated alkanes) is 5. The van der Waals surface area contributed by atoms with Gasteiger partial charge in [-0.3, -0.25) is 0 Å². The fourth-order valence-electron chi connectivity index (χ4n) is 1.31. The first-order valence-electron chi connectivity index (χ1n) is 5.72. The van der Waals surface area contributed by atoms with Crippen molar-refractivity contribution in [3.63, 3.8) is 0 Å². The van der Waals surface area contributed by atoms with Gasteiger partial charge in [0.05, 0.1) is 5.38 Å². The molecule has 0 saturated carbocycles. The van der Waals surface area contributed by atoms with Crippen molar-refractivity contribution in [3.8, 4) is 0 Å². The van der Waals surface area contributed by atoms with E-state index < -0.39 is 0 Å². The summed E-state index contributed by atoms with van der Waals surface area (Å²) in [5.41, 5.74) is 0. The van der Waals surface area contributed by atoms with Crippen molar-refractivity contribution in [2.75, 3.05) is 0 Å². The van der Waals surface area contributed by atoms with Crippen molar-refractivity contribution in [3.05, 3.63) is 24.8 Å². The van der Waals surface area contributed by atoms with Gasteiger partial charge in [0.25, 0.3) is 0 Å². The van der Waals surface area contributed by atoms with Gasteiger partial charge in [-0.25, -0.2) is 0 Å². The lowest BCUT2D eigenvalue weighted by atomic mass is 10.1.